The van der Waals surface area contributed by atoms with Crippen LogP contribution < -0.4 is 10.2 Å². The molecule has 2 aliphatic heterocycles. The van der Waals surface area contributed by atoms with Gasteiger partial charge < -0.3 is 10.2 Å². The van der Waals surface area contributed by atoms with E-state index in [1.165, 1.54) is 18.4 Å². The molecule has 1 N–H and O–H groups in total. The van der Waals surface area contributed by atoms with E-state index in [-0.39, 0.29) is 0 Å². The quantitative estimate of drug-likeness (QED) is 0.611. The van der Waals surface area contributed by atoms with Gasteiger partial charge in [-0.05, 0) is 55.8 Å². The van der Waals surface area contributed by atoms with Crippen LogP contribution in [0.25, 0.3) is 27.2 Å². The van der Waals surface area contributed by atoms with Gasteiger partial charge in [-0.2, -0.15) is 0 Å². The zero-order chi connectivity index (χ0) is 21.2. The van der Waals surface area contributed by atoms with Gasteiger partial charge in [0.15, 0.2) is 5.69 Å². The monoisotopic (exact) mass is 409 g/mol. The molecule has 1 aromatic heterocycles. The van der Waals surface area contributed by atoms with Crippen LogP contribution in [0, 0.1) is 25.3 Å². The third-order valence-corrected chi connectivity index (χ3v) is 6.65. The second-order valence-electron chi connectivity index (χ2n) is 8.71. The van der Waals surface area contributed by atoms with Crippen molar-refractivity contribution in [2.24, 2.45) is 11.8 Å². The number of anilines is 1. The van der Waals surface area contributed by atoms with E-state index in [1.54, 1.807) is 0 Å². The summed E-state index contributed by atoms with van der Waals surface area (Å²) in [5.74, 6) is 2.26. The minimum Gasteiger partial charge on any atom is -0.340 e. The third-order valence-electron chi connectivity index (χ3n) is 6.65. The molecule has 0 spiro atoms. The molecule has 2 atom stereocenters. The summed E-state index contributed by atoms with van der Waals surface area (Å²) in [4.78, 5) is 15.8. The second-order valence-corrected chi connectivity index (χ2v) is 8.71. The fourth-order valence-corrected chi connectivity index (χ4v) is 4.84. The molecule has 3 heterocycles. The number of hydrogen-bond donors (Lipinski definition) is 1. The molecule has 2 aromatic carbocycles. The largest absolute Gasteiger partial charge is 0.340 e. The minimum absolute atomic E-state index is 0.642. The Morgan fingerprint density at radius 2 is 1.58 bits per heavy atom. The Hall–Kier alpha value is -3.23. The van der Waals surface area contributed by atoms with Gasteiger partial charge in [-0.15, -0.1) is 0 Å². The van der Waals surface area contributed by atoms with Crippen LogP contribution in [0.15, 0.2) is 54.7 Å². The molecule has 0 amide bonds. The van der Waals surface area contributed by atoms with Crippen LogP contribution in [0.4, 0.5) is 11.6 Å². The van der Waals surface area contributed by atoms with E-state index in [1.807, 2.05) is 30.5 Å². The Morgan fingerprint density at radius 3 is 2.23 bits per heavy atom. The Kier molecular flexibility index (Phi) is 5.40. The number of fused-ring (bicyclic) bond motifs is 1. The first-order chi connectivity index (χ1) is 15.2. The number of aromatic nitrogens is 2. The number of hydrogen-bond acceptors (Lipinski definition) is 4. The van der Waals surface area contributed by atoms with Gasteiger partial charge in [0.1, 0.15) is 0 Å². The van der Waals surface area contributed by atoms with E-state index < -0.39 is 0 Å². The Balaban J connectivity index is 1.54. The zero-order valence-corrected chi connectivity index (χ0v) is 17.9. The lowest BCUT2D eigenvalue weighted by molar-refractivity contribution is 0.409. The molecule has 2 saturated heterocycles. The fourth-order valence-electron chi connectivity index (χ4n) is 4.84. The van der Waals surface area contributed by atoms with E-state index in [9.17, 15) is 0 Å². The Morgan fingerprint density at radius 1 is 0.935 bits per heavy atom. The summed E-state index contributed by atoms with van der Waals surface area (Å²) in [5, 5.41) is 3.53. The zero-order valence-electron chi connectivity index (χ0n) is 17.9. The van der Waals surface area contributed by atoms with Crippen LogP contribution in [0.2, 0.25) is 0 Å². The Bertz CT molecular complexity index is 1080. The molecule has 0 saturated carbocycles. The maximum atomic E-state index is 7.25. The first kappa shape index (κ1) is 19.7. The maximum absolute atomic E-state index is 7.25. The van der Waals surface area contributed by atoms with Crippen molar-refractivity contribution >= 4 is 11.6 Å². The molecular formula is C26H27N5. The van der Waals surface area contributed by atoms with Crippen molar-refractivity contribution in [3.05, 3.63) is 71.7 Å². The number of nitrogens with zero attached hydrogens (tertiary/aromatic N) is 4. The highest BCUT2D eigenvalue weighted by atomic mass is 15.3. The van der Waals surface area contributed by atoms with Gasteiger partial charge in [-0.25, -0.2) is 14.8 Å². The average molecular weight is 410 g/mol. The highest BCUT2D eigenvalue weighted by molar-refractivity contribution is 5.81. The van der Waals surface area contributed by atoms with Gasteiger partial charge in [0.05, 0.1) is 12.3 Å². The normalized spacial score (nSPS) is 20.7. The van der Waals surface area contributed by atoms with Crippen molar-refractivity contribution in [3.63, 3.8) is 0 Å². The van der Waals surface area contributed by atoms with E-state index >= 15 is 0 Å². The molecule has 2 aliphatic rings. The smallest absolute Gasteiger partial charge is 0.225 e. The predicted octanol–water partition coefficient (Wildman–Crippen LogP) is 5.11. The van der Waals surface area contributed by atoms with Crippen LogP contribution in [0.1, 0.15) is 18.4 Å². The molecule has 156 valence electrons. The summed E-state index contributed by atoms with van der Waals surface area (Å²) in [6.07, 6.45) is 4.43. The van der Waals surface area contributed by atoms with Crippen LogP contribution in [0.5, 0.6) is 0 Å². The van der Waals surface area contributed by atoms with Crippen molar-refractivity contribution in [1.82, 2.24) is 15.3 Å². The van der Waals surface area contributed by atoms with Crippen LogP contribution >= 0.6 is 0 Å². The molecular weight excluding hydrogens is 382 g/mol. The van der Waals surface area contributed by atoms with Crippen molar-refractivity contribution in [2.75, 3.05) is 31.1 Å². The SMILES string of the molecule is [C-]#[N+]c1ccc(-c2nc(N3C[C@H]4CCNCC[C@H]4C3)ncc2-c2ccc(C)cc2)cc1. The van der Waals surface area contributed by atoms with Gasteiger partial charge in [-0.1, -0.05) is 54.1 Å². The molecule has 0 bridgehead atoms. The van der Waals surface area contributed by atoms with Crippen molar-refractivity contribution < 1.29 is 0 Å². The Labute approximate surface area is 184 Å². The maximum Gasteiger partial charge on any atom is 0.225 e. The molecule has 5 rings (SSSR count). The summed E-state index contributed by atoms with van der Waals surface area (Å²) >= 11 is 0. The number of benzene rings is 2. The number of nitrogens with one attached hydrogen (secondary N) is 1. The van der Waals surface area contributed by atoms with Crippen molar-refractivity contribution in [2.45, 2.75) is 19.8 Å². The molecule has 2 fully saturated rings. The van der Waals surface area contributed by atoms with Gasteiger partial charge >= 0.3 is 0 Å². The lowest BCUT2D eigenvalue weighted by Gasteiger charge is -2.19. The summed E-state index contributed by atoms with van der Waals surface area (Å²) in [6.45, 7) is 13.6. The lowest BCUT2D eigenvalue weighted by Crippen LogP contribution is -2.24. The predicted molar refractivity (Wildman–Crippen MR) is 125 cm³/mol. The lowest BCUT2D eigenvalue weighted by atomic mass is 9.92. The van der Waals surface area contributed by atoms with E-state index in [2.05, 4.69) is 46.3 Å². The molecule has 0 aliphatic carbocycles. The van der Waals surface area contributed by atoms with Crippen LogP contribution in [-0.2, 0) is 0 Å². The first-order valence-corrected chi connectivity index (χ1v) is 11.1. The number of rotatable bonds is 3. The summed E-state index contributed by atoms with van der Waals surface area (Å²) in [5.41, 5.74) is 5.96. The van der Waals surface area contributed by atoms with Gasteiger partial charge in [0, 0.05) is 24.8 Å². The van der Waals surface area contributed by atoms with Crippen LogP contribution in [-0.4, -0.2) is 36.1 Å². The van der Waals surface area contributed by atoms with E-state index in [0.29, 0.717) is 5.69 Å². The van der Waals surface area contributed by atoms with Crippen LogP contribution in [0.3, 0.4) is 0 Å². The van der Waals surface area contributed by atoms with E-state index in [4.69, 9.17) is 16.5 Å². The number of aryl methyl sites for hydroxylation is 1. The van der Waals surface area contributed by atoms with Crippen molar-refractivity contribution in [3.8, 4) is 22.4 Å². The minimum atomic E-state index is 0.642. The highest BCUT2D eigenvalue weighted by Crippen LogP contribution is 2.36. The van der Waals surface area contributed by atoms with E-state index in [0.717, 1.165) is 66.3 Å². The molecule has 31 heavy (non-hydrogen) atoms. The molecule has 5 nitrogen and oxygen atoms in total. The van der Waals surface area contributed by atoms with Gasteiger partial charge in [-0.3, -0.25) is 0 Å². The summed E-state index contributed by atoms with van der Waals surface area (Å²) in [6, 6.07) is 16.2. The summed E-state index contributed by atoms with van der Waals surface area (Å²) < 4.78 is 0. The second kappa shape index (κ2) is 8.49. The average Bonchev–Trinajstić information content (AvgIpc) is 3.09. The molecule has 0 radical (unpaired) electrons. The fraction of sp³-hybridized carbons (Fsp3) is 0.346. The standard InChI is InChI=1S/C26H27N5/c1-18-3-5-19(6-4-18)24-15-29-26(30-25(24)20-7-9-23(27-2)10-8-20)31-16-21-11-13-28-14-12-22(21)17-31/h3-10,15,21-22,28H,11-14,16-17H2,1H3/t21-,22+. The molecule has 0 unspecified atom stereocenters. The van der Waals surface area contributed by atoms with Gasteiger partial charge in [0.25, 0.3) is 0 Å². The first-order valence-electron chi connectivity index (χ1n) is 11.1. The summed E-state index contributed by atoms with van der Waals surface area (Å²) in [7, 11) is 0. The van der Waals surface area contributed by atoms with Crippen molar-refractivity contribution in [1.29, 1.82) is 0 Å². The molecule has 5 heteroatoms. The third kappa shape index (κ3) is 4.04. The molecule has 3 aromatic rings. The van der Waals surface area contributed by atoms with Gasteiger partial charge in [0.2, 0.25) is 5.95 Å². The highest BCUT2D eigenvalue weighted by Gasteiger charge is 2.34. The topological polar surface area (TPSA) is 45.4 Å².